The summed E-state index contributed by atoms with van der Waals surface area (Å²) in [7, 11) is 0. The zero-order valence-electron chi connectivity index (χ0n) is 16.1. The van der Waals surface area contributed by atoms with Gasteiger partial charge in [0.2, 0.25) is 5.95 Å². The molecule has 0 saturated carbocycles. The number of hydrogen-bond acceptors (Lipinski definition) is 5. The predicted molar refractivity (Wildman–Crippen MR) is 131 cm³/mol. The summed E-state index contributed by atoms with van der Waals surface area (Å²) in [5, 5.41) is 6.64. The summed E-state index contributed by atoms with van der Waals surface area (Å²) in [6.45, 7) is 0. The van der Waals surface area contributed by atoms with Crippen LogP contribution >= 0.6 is 27.5 Å². The second-order valence-electron chi connectivity index (χ2n) is 6.85. The molecule has 31 heavy (non-hydrogen) atoms. The summed E-state index contributed by atoms with van der Waals surface area (Å²) >= 11 is 9.85. The molecule has 0 atom stereocenters. The normalized spacial score (nSPS) is 11.4. The first-order chi connectivity index (χ1) is 15.2. The maximum absolute atomic E-state index is 6.32. The third-order valence-electron chi connectivity index (χ3n) is 4.78. The van der Waals surface area contributed by atoms with Crippen molar-refractivity contribution < 1.29 is 0 Å². The monoisotopic (exact) mass is 487 g/mol. The summed E-state index contributed by atoms with van der Waals surface area (Å²) in [6.07, 6.45) is 1.62. The SMILES string of the molecule is Clc1nc2ccccc2cc1/C=N\Nc1nc(-c2ccccc2)c2cc(Br)ccc2n1. The van der Waals surface area contributed by atoms with E-state index >= 15 is 0 Å². The fraction of sp³-hybridized carbons (Fsp3) is 0. The lowest BCUT2D eigenvalue weighted by Crippen LogP contribution is -2.00. The molecule has 0 saturated heterocycles. The van der Waals surface area contributed by atoms with Gasteiger partial charge in [-0.25, -0.2) is 20.4 Å². The van der Waals surface area contributed by atoms with E-state index in [1.807, 2.05) is 78.9 Å². The van der Waals surface area contributed by atoms with Gasteiger partial charge in [-0.3, -0.25) is 0 Å². The van der Waals surface area contributed by atoms with E-state index in [0.717, 1.165) is 37.5 Å². The maximum Gasteiger partial charge on any atom is 0.244 e. The van der Waals surface area contributed by atoms with Crippen LogP contribution in [0, 0.1) is 0 Å². The summed E-state index contributed by atoms with van der Waals surface area (Å²) < 4.78 is 0.970. The number of pyridine rings is 1. The minimum absolute atomic E-state index is 0.388. The lowest BCUT2D eigenvalue weighted by molar-refractivity contribution is 1.15. The number of rotatable bonds is 4. The molecule has 0 radical (unpaired) electrons. The Labute approximate surface area is 192 Å². The van der Waals surface area contributed by atoms with E-state index in [-0.39, 0.29) is 0 Å². The maximum atomic E-state index is 6.32. The van der Waals surface area contributed by atoms with Crippen molar-refractivity contribution in [1.82, 2.24) is 15.0 Å². The van der Waals surface area contributed by atoms with Gasteiger partial charge < -0.3 is 0 Å². The Morgan fingerprint density at radius 1 is 0.839 bits per heavy atom. The van der Waals surface area contributed by atoms with Crippen molar-refractivity contribution >= 4 is 61.5 Å². The number of anilines is 1. The zero-order chi connectivity index (χ0) is 21.2. The van der Waals surface area contributed by atoms with E-state index < -0.39 is 0 Å². The van der Waals surface area contributed by atoms with Gasteiger partial charge in [0, 0.05) is 26.4 Å². The highest BCUT2D eigenvalue weighted by atomic mass is 79.9. The molecule has 0 aliphatic rings. The van der Waals surface area contributed by atoms with Crippen LogP contribution in [-0.2, 0) is 0 Å². The van der Waals surface area contributed by atoms with E-state index in [2.05, 4.69) is 36.4 Å². The lowest BCUT2D eigenvalue weighted by atomic mass is 10.1. The predicted octanol–water partition coefficient (Wildman–Crippen LogP) is 6.71. The average Bonchev–Trinajstić information content (AvgIpc) is 2.79. The second kappa shape index (κ2) is 8.41. The van der Waals surface area contributed by atoms with E-state index in [1.54, 1.807) is 6.21 Å². The Morgan fingerprint density at radius 2 is 1.65 bits per heavy atom. The number of fused-ring (bicyclic) bond motifs is 2. The Balaban J connectivity index is 1.51. The number of halogens is 2. The van der Waals surface area contributed by atoms with Crippen LogP contribution in [0.2, 0.25) is 5.15 Å². The molecule has 0 amide bonds. The zero-order valence-corrected chi connectivity index (χ0v) is 18.5. The van der Waals surface area contributed by atoms with Crippen molar-refractivity contribution in [3.63, 3.8) is 0 Å². The van der Waals surface area contributed by atoms with Crippen LogP contribution in [0.15, 0.2) is 88.4 Å². The number of para-hydroxylation sites is 1. The van der Waals surface area contributed by atoms with Gasteiger partial charge in [-0.1, -0.05) is 76.1 Å². The minimum Gasteiger partial charge on any atom is -0.245 e. The van der Waals surface area contributed by atoms with Crippen molar-refractivity contribution in [2.75, 3.05) is 5.43 Å². The molecule has 2 heterocycles. The van der Waals surface area contributed by atoms with Gasteiger partial charge in [0.25, 0.3) is 0 Å². The summed E-state index contributed by atoms with van der Waals surface area (Å²) in [6, 6.07) is 25.7. The van der Waals surface area contributed by atoms with Gasteiger partial charge in [-0.15, -0.1) is 0 Å². The van der Waals surface area contributed by atoms with Crippen molar-refractivity contribution in [3.05, 3.63) is 94.1 Å². The molecule has 0 bridgehead atoms. The standard InChI is InChI=1S/C24H15BrClN5/c25-18-10-11-21-19(13-18)22(15-6-2-1-3-7-15)30-24(29-21)31-27-14-17-12-16-8-4-5-9-20(16)28-23(17)26/h1-14H,(H,29,30,31)/b27-14-. The molecule has 0 aliphatic heterocycles. The van der Waals surface area contributed by atoms with Crippen LogP contribution in [0.1, 0.15) is 5.56 Å². The first-order valence-corrected chi connectivity index (χ1v) is 10.7. The van der Waals surface area contributed by atoms with Crippen molar-refractivity contribution in [1.29, 1.82) is 0 Å². The number of hydrazone groups is 1. The number of hydrogen-bond donors (Lipinski definition) is 1. The average molecular weight is 489 g/mol. The van der Waals surface area contributed by atoms with E-state index in [0.29, 0.717) is 16.7 Å². The van der Waals surface area contributed by atoms with Gasteiger partial charge in [-0.05, 0) is 30.3 Å². The first kappa shape index (κ1) is 19.6. The van der Waals surface area contributed by atoms with Gasteiger partial charge >= 0.3 is 0 Å². The minimum atomic E-state index is 0.388. The Kier molecular flexibility index (Phi) is 5.32. The van der Waals surface area contributed by atoms with Gasteiger partial charge in [-0.2, -0.15) is 5.10 Å². The molecular formula is C24H15BrClN5. The lowest BCUT2D eigenvalue weighted by Gasteiger charge is -2.09. The number of nitrogens with zero attached hydrogens (tertiary/aromatic N) is 4. The summed E-state index contributed by atoms with van der Waals surface area (Å²) in [5.74, 6) is 0.398. The Morgan fingerprint density at radius 3 is 2.52 bits per heavy atom. The van der Waals surface area contributed by atoms with Crippen LogP contribution in [0.25, 0.3) is 33.1 Å². The largest absolute Gasteiger partial charge is 0.245 e. The van der Waals surface area contributed by atoms with Crippen LogP contribution < -0.4 is 5.43 Å². The molecule has 150 valence electrons. The molecule has 1 N–H and O–H groups in total. The molecule has 0 spiro atoms. The van der Waals surface area contributed by atoms with Crippen molar-refractivity contribution in [2.45, 2.75) is 0 Å². The number of aromatic nitrogens is 3. The number of benzene rings is 3. The quantitative estimate of drug-likeness (QED) is 0.173. The van der Waals surface area contributed by atoms with Gasteiger partial charge in [0.15, 0.2) is 0 Å². The molecule has 0 aliphatic carbocycles. The van der Waals surface area contributed by atoms with Gasteiger partial charge in [0.05, 0.1) is 22.9 Å². The molecule has 0 fully saturated rings. The van der Waals surface area contributed by atoms with Crippen molar-refractivity contribution in [3.8, 4) is 11.3 Å². The van der Waals surface area contributed by atoms with Crippen LogP contribution in [0.4, 0.5) is 5.95 Å². The molecule has 5 aromatic rings. The third kappa shape index (κ3) is 4.13. The molecule has 5 nitrogen and oxygen atoms in total. The van der Waals surface area contributed by atoms with Crippen LogP contribution in [-0.4, -0.2) is 21.2 Å². The molecule has 5 rings (SSSR count). The fourth-order valence-electron chi connectivity index (χ4n) is 3.33. The van der Waals surface area contributed by atoms with Gasteiger partial charge in [0.1, 0.15) is 5.15 Å². The molecule has 2 aromatic heterocycles. The third-order valence-corrected chi connectivity index (χ3v) is 5.57. The topological polar surface area (TPSA) is 63.1 Å². The van der Waals surface area contributed by atoms with E-state index in [4.69, 9.17) is 16.6 Å². The highest BCUT2D eigenvalue weighted by molar-refractivity contribution is 9.10. The highest BCUT2D eigenvalue weighted by Gasteiger charge is 2.10. The summed E-state index contributed by atoms with van der Waals surface area (Å²) in [4.78, 5) is 13.7. The molecule has 3 aromatic carbocycles. The Bertz CT molecular complexity index is 1440. The van der Waals surface area contributed by atoms with Crippen LogP contribution in [0.5, 0.6) is 0 Å². The highest BCUT2D eigenvalue weighted by Crippen LogP contribution is 2.29. The van der Waals surface area contributed by atoms with Crippen LogP contribution in [0.3, 0.4) is 0 Å². The molecular weight excluding hydrogens is 474 g/mol. The smallest absolute Gasteiger partial charge is 0.244 e. The second-order valence-corrected chi connectivity index (χ2v) is 8.13. The van der Waals surface area contributed by atoms with E-state index in [1.165, 1.54) is 0 Å². The number of nitrogens with one attached hydrogen (secondary N) is 1. The van der Waals surface area contributed by atoms with E-state index in [9.17, 15) is 0 Å². The Hall–Kier alpha value is -3.35. The summed E-state index contributed by atoms with van der Waals surface area (Å²) in [5.41, 5.74) is 7.14. The molecule has 0 unspecified atom stereocenters. The fourth-order valence-corrected chi connectivity index (χ4v) is 3.88. The molecule has 7 heteroatoms. The van der Waals surface area contributed by atoms with Crippen molar-refractivity contribution in [2.24, 2.45) is 5.10 Å². The first-order valence-electron chi connectivity index (χ1n) is 9.54.